The number of aliphatic hydroxyl groups is 1. The Morgan fingerprint density at radius 1 is 1.69 bits per heavy atom. The van der Waals surface area contributed by atoms with Gasteiger partial charge in [-0.3, -0.25) is 0 Å². The fourth-order valence-electron chi connectivity index (χ4n) is 1.34. The quantitative estimate of drug-likeness (QED) is 0.853. The first-order valence-corrected chi connectivity index (χ1v) is 6.20. The summed E-state index contributed by atoms with van der Waals surface area (Å²) in [5.41, 5.74) is -0.764. The fourth-order valence-corrected chi connectivity index (χ4v) is 2.28. The van der Waals surface area contributed by atoms with Crippen molar-refractivity contribution in [1.29, 1.82) is 5.26 Å². The van der Waals surface area contributed by atoms with Gasteiger partial charge in [0.2, 0.25) is 0 Å². The lowest BCUT2D eigenvalue weighted by Crippen LogP contribution is -2.33. The van der Waals surface area contributed by atoms with Gasteiger partial charge in [0.1, 0.15) is 10.9 Å². The van der Waals surface area contributed by atoms with E-state index in [0.29, 0.717) is 23.0 Å². The summed E-state index contributed by atoms with van der Waals surface area (Å²) in [6.45, 7) is 4.18. The number of rotatable bonds is 5. The summed E-state index contributed by atoms with van der Waals surface area (Å²) in [6, 6.07) is 1.96. The molecule has 1 unspecified atom stereocenters. The zero-order valence-electron chi connectivity index (χ0n) is 9.25. The summed E-state index contributed by atoms with van der Waals surface area (Å²) in [7, 11) is 0. The van der Waals surface area contributed by atoms with Gasteiger partial charge in [-0.2, -0.15) is 5.26 Å². The standard InChI is InChI=1S/C10H14ClN3OS/c1-3-4-10(2,15)6-13-9-14-8(11)7(5-12)16-9/h15H,3-4,6H2,1-2H3,(H,13,14). The number of hydrogen-bond acceptors (Lipinski definition) is 5. The van der Waals surface area contributed by atoms with Crippen LogP contribution < -0.4 is 5.32 Å². The van der Waals surface area contributed by atoms with Crippen LogP contribution in [0.15, 0.2) is 0 Å². The number of nitrogens with zero attached hydrogens (tertiary/aromatic N) is 2. The number of nitriles is 1. The molecule has 6 heteroatoms. The van der Waals surface area contributed by atoms with Crippen LogP contribution in [0.25, 0.3) is 0 Å². The third-order valence-corrected chi connectivity index (χ3v) is 3.40. The van der Waals surface area contributed by atoms with Crippen molar-refractivity contribution in [2.45, 2.75) is 32.3 Å². The number of anilines is 1. The Kier molecular flexibility index (Phi) is 4.54. The van der Waals surface area contributed by atoms with Gasteiger partial charge in [-0.15, -0.1) is 0 Å². The van der Waals surface area contributed by atoms with Gasteiger partial charge >= 0.3 is 0 Å². The Hall–Kier alpha value is -0.830. The summed E-state index contributed by atoms with van der Waals surface area (Å²) in [5, 5.41) is 22.4. The van der Waals surface area contributed by atoms with Crippen molar-refractivity contribution in [2.24, 2.45) is 0 Å². The third-order valence-electron chi connectivity index (χ3n) is 2.10. The predicted octanol–water partition coefficient (Wildman–Crippen LogP) is 2.63. The van der Waals surface area contributed by atoms with E-state index in [4.69, 9.17) is 16.9 Å². The number of nitrogens with one attached hydrogen (secondary N) is 1. The highest BCUT2D eigenvalue weighted by Crippen LogP contribution is 2.26. The van der Waals surface area contributed by atoms with E-state index in [9.17, 15) is 5.11 Å². The van der Waals surface area contributed by atoms with Gasteiger partial charge in [0, 0.05) is 6.54 Å². The van der Waals surface area contributed by atoms with E-state index in [1.165, 1.54) is 11.3 Å². The van der Waals surface area contributed by atoms with Crippen molar-refractivity contribution >= 4 is 28.1 Å². The van der Waals surface area contributed by atoms with Crippen LogP contribution in [0.4, 0.5) is 5.13 Å². The average Bonchev–Trinajstić information content (AvgIpc) is 2.56. The van der Waals surface area contributed by atoms with Crippen LogP contribution in [0.3, 0.4) is 0 Å². The van der Waals surface area contributed by atoms with Crippen LogP contribution in [0, 0.1) is 11.3 Å². The van der Waals surface area contributed by atoms with Gasteiger partial charge in [-0.05, 0) is 13.3 Å². The first-order valence-electron chi connectivity index (χ1n) is 5.01. The second-order valence-corrected chi connectivity index (χ2v) is 5.21. The molecule has 1 aromatic heterocycles. The lowest BCUT2D eigenvalue weighted by Gasteiger charge is -2.22. The molecule has 1 rings (SSSR count). The van der Waals surface area contributed by atoms with Crippen molar-refractivity contribution < 1.29 is 5.11 Å². The monoisotopic (exact) mass is 259 g/mol. The first kappa shape index (κ1) is 13.2. The number of hydrogen-bond donors (Lipinski definition) is 2. The third kappa shape index (κ3) is 3.63. The van der Waals surface area contributed by atoms with Gasteiger partial charge in [-0.25, -0.2) is 4.98 Å². The molecule has 1 heterocycles. The summed E-state index contributed by atoms with van der Waals surface area (Å²) >= 11 is 6.92. The molecule has 0 fully saturated rings. The molecule has 0 aliphatic rings. The maximum atomic E-state index is 9.93. The van der Waals surface area contributed by atoms with Gasteiger partial charge in [0.05, 0.1) is 5.60 Å². The highest BCUT2D eigenvalue weighted by molar-refractivity contribution is 7.16. The summed E-state index contributed by atoms with van der Waals surface area (Å²) in [5.74, 6) is 0. The van der Waals surface area contributed by atoms with Crippen molar-refractivity contribution in [2.75, 3.05) is 11.9 Å². The Morgan fingerprint density at radius 3 is 2.88 bits per heavy atom. The molecule has 0 radical (unpaired) electrons. The lowest BCUT2D eigenvalue weighted by atomic mass is 10.0. The molecule has 0 bridgehead atoms. The minimum Gasteiger partial charge on any atom is -0.388 e. The minimum atomic E-state index is -0.764. The van der Waals surface area contributed by atoms with E-state index in [1.54, 1.807) is 6.92 Å². The normalized spacial score (nSPS) is 14.2. The summed E-state index contributed by atoms with van der Waals surface area (Å²) < 4.78 is 0. The van der Waals surface area contributed by atoms with Gasteiger partial charge in [0.25, 0.3) is 0 Å². The van der Waals surface area contributed by atoms with Crippen molar-refractivity contribution in [1.82, 2.24) is 4.98 Å². The summed E-state index contributed by atoms with van der Waals surface area (Å²) in [6.07, 6.45) is 1.63. The fraction of sp³-hybridized carbons (Fsp3) is 0.600. The molecular formula is C10H14ClN3OS. The predicted molar refractivity (Wildman–Crippen MR) is 65.9 cm³/mol. The van der Waals surface area contributed by atoms with Gasteiger partial charge < -0.3 is 10.4 Å². The Balaban J connectivity index is 2.58. The Bertz CT molecular complexity index is 397. The molecule has 2 N–H and O–H groups in total. The van der Waals surface area contributed by atoms with E-state index in [-0.39, 0.29) is 5.15 Å². The Morgan fingerprint density at radius 2 is 2.38 bits per heavy atom. The zero-order chi connectivity index (χ0) is 12.2. The van der Waals surface area contributed by atoms with Crippen LogP contribution in [0.1, 0.15) is 31.6 Å². The molecule has 1 atom stereocenters. The maximum Gasteiger partial charge on any atom is 0.185 e. The van der Waals surface area contributed by atoms with E-state index in [0.717, 1.165) is 6.42 Å². The molecule has 1 aromatic rings. The molecule has 0 amide bonds. The topological polar surface area (TPSA) is 68.9 Å². The van der Waals surface area contributed by atoms with Crippen molar-refractivity contribution in [3.05, 3.63) is 10.0 Å². The number of thiazole rings is 1. The summed E-state index contributed by atoms with van der Waals surface area (Å²) in [4.78, 5) is 4.37. The highest BCUT2D eigenvalue weighted by Gasteiger charge is 2.19. The molecule has 0 aliphatic carbocycles. The molecular weight excluding hydrogens is 246 g/mol. The van der Waals surface area contributed by atoms with Crippen LogP contribution >= 0.6 is 22.9 Å². The maximum absolute atomic E-state index is 9.93. The van der Waals surface area contributed by atoms with E-state index in [1.807, 2.05) is 13.0 Å². The molecule has 0 spiro atoms. The van der Waals surface area contributed by atoms with E-state index >= 15 is 0 Å². The molecule has 88 valence electrons. The molecule has 0 saturated heterocycles. The van der Waals surface area contributed by atoms with Gasteiger partial charge in [0.15, 0.2) is 10.3 Å². The molecule has 16 heavy (non-hydrogen) atoms. The van der Waals surface area contributed by atoms with Crippen molar-refractivity contribution in [3.8, 4) is 6.07 Å². The van der Waals surface area contributed by atoms with Crippen LogP contribution in [-0.2, 0) is 0 Å². The smallest absolute Gasteiger partial charge is 0.185 e. The van der Waals surface area contributed by atoms with Crippen LogP contribution in [-0.4, -0.2) is 22.2 Å². The van der Waals surface area contributed by atoms with Crippen molar-refractivity contribution in [3.63, 3.8) is 0 Å². The first-order chi connectivity index (χ1) is 7.48. The van der Waals surface area contributed by atoms with Crippen LogP contribution in [0.2, 0.25) is 5.15 Å². The van der Waals surface area contributed by atoms with Gasteiger partial charge in [-0.1, -0.05) is 36.3 Å². The molecule has 4 nitrogen and oxygen atoms in total. The average molecular weight is 260 g/mol. The number of halogens is 1. The lowest BCUT2D eigenvalue weighted by molar-refractivity contribution is 0.0637. The molecule has 0 saturated carbocycles. The Labute approximate surface area is 104 Å². The zero-order valence-corrected chi connectivity index (χ0v) is 10.8. The largest absolute Gasteiger partial charge is 0.388 e. The molecule has 0 aromatic carbocycles. The number of aromatic nitrogens is 1. The SMILES string of the molecule is CCCC(C)(O)CNc1nc(Cl)c(C#N)s1. The van der Waals surface area contributed by atoms with E-state index < -0.39 is 5.60 Å². The second kappa shape index (κ2) is 5.48. The van der Waals surface area contributed by atoms with E-state index in [2.05, 4.69) is 10.3 Å². The highest BCUT2D eigenvalue weighted by atomic mass is 35.5. The second-order valence-electron chi connectivity index (χ2n) is 3.85. The van der Waals surface area contributed by atoms with Crippen LogP contribution in [0.5, 0.6) is 0 Å². The molecule has 0 aliphatic heterocycles. The minimum absolute atomic E-state index is 0.213.